The molecular weight excluding hydrogens is 318 g/mol. The Hall–Kier alpha value is -2.95. The Bertz CT molecular complexity index is 781. The van der Waals surface area contributed by atoms with Crippen LogP contribution in [0.25, 0.3) is 0 Å². The molecule has 0 saturated carbocycles. The summed E-state index contributed by atoms with van der Waals surface area (Å²) < 4.78 is 5.10. The van der Waals surface area contributed by atoms with Gasteiger partial charge < -0.3 is 10.1 Å². The van der Waals surface area contributed by atoms with Crippen LogP contribution in [0.1, 0.15) is 38.8 Å². The second kappa shape index (κ2) is 8.24. The van der Waals surface area contributed by atoms with Crippen molar-refractivity contribution in [1.82, 2.24) is 5.32 Å². The Morgan fingerprint density at radius 3 is 2.28 bits per heavy atom. The number of ketones is 1. The maximum Gasteiger partial charge on any atom is 0.326 e. The third kappa shape index (κ3) is 5.28. The molecule has 0 spiro atoms. The summed E-state index contributed by atoms with van der Waals surface area (Å²) in [5.41, 5.74) is 2.94. The van der Waals surface area contributed by atoms with Crippen molar-refractivity contribution in [3.8, 4) is 0 Å². The third-order valence-electron chi connectivity index (χ3n) is 3.69. The lowest BCUT2D eigenvalue weighted by Gasteiger charge is -2.13. The molecule has 0 fully saturated rings. The van der Waals surface area contributed by atoms with E-state index in [0.29, 0.717) is 11.1 Å². The van der Waals surface area contributed by atoms with E-state index >= 15 is 0 Å². The molecule has 2 rings (SSSR count). The fourth-order valence-corrected chi connectivity index (χ4v) is 2.29. The van der Waals surface area contributed by atoms with Crippen LogP contribution in [-0.4, -0.2) is 30.3 Å². The van der Waals surface area contributed by atoms with Gasteiger partial charge in [-0.1, -0.05) is 47.5 Å². The molecule has 0 unspecified atom stereocenters. The highest BCUT2D eigenvalue weighted by Gasteiger charge is 2.19. The number of ether oxygens (including phenoxy) is 1. The lowest BCUT2D eigenvalue weighted by molar-refractivity contribution is -0.145. The average Bonchev–Trinajstić information content (AvgIpc) is 2.59. The van der Waals surface area contributed by atoms with Gasteiger partial charge in [0.2, 0.25) is 5.78 Å². The molecular formula is C20H21NO4. The van der Waals surface area contributed by atoms with Crippen LogP contribution in [0.3, 0.4) is 0 Å². The summed E-state index contributed by atoms with van der Waals surface area (Å²) in [5, 5.41) is 2.49. The molecule has 25 heavy (non-hydrogen) atoms. The Morgan fingerprint density at radius 2 is 1.64 bits per heavy atom. The number of aryl methyl sites for hydroxylation is 2. The maximum absolute atomic E-state index is 12.2. The first kappa shape index (κ1) is 18.4. The summed E-state index contributed by atoms with van der Waals surface area (Å²) >= 11 is 0. The van der Waals surface area contributed by atoms with E-state index < -0.39 is 12.1 Å². The second-order valence-electron chi connectivity index (χ2n) is 5.91. The molecule has 0 aliphatic carbocycles. The Morgan fingerprint density at radius 1 is 0.960 bits per heavy atom. The number of esters is 1. The maximum atomic E-state index is 12.2. The lowest BCUT2D eigenvalue weighted by Crippen LogP contribution is -2.34. The van der Waals surface area contributed by atoms with Crippen LogP contribution >= 0.6 is 0 Å². The van der Waals surface area contributed by atoms with Crippen LogP contribution in [0.5, 0.6) is 0 Å². The van der Waals surface area contributed by atoms with Gasteiger partial charge in [-0.05, 0) is 32.9 Å². The minimum Gasteiger partial charge on any atom is -0.453 e. The molecule has 0 radical (unpaired) electrons. The number of nitrogens with one attached hydrogen (secondary N) is 1. The summed E-state index contributed by atoms with van der Waals surface area (Å²) in [6.07, 6.45) is -0.911. The van der Waals surface area contributed by atoms with Crippen molar-refractivity contribution in [3.05, 3.63) is 70.8 Å². The smallest absolute Gasteiger partial charge is 0.326 e. The van der Waals surface area contributed by atoms with Crippen molar-refractivity contribution < 1.29 is 19.1 Å². The number of rotatable bonds is 6. The fraction of sp³-hybridized carbons (Fsp3) is 0.250. The number of carbonyl (C=O) groups excluding carboxylic acids is 3. The molecule has 0 heterocycles. The van der Waals surface area contributed by atoms with Crippen molar-refractivity contribution in [2.75, 3.05) is 6.54 Å². The van der Waals surface area contributed by atoms with E-state index in [1.807, 2.05) is 32.0 Å². The van der Waals surface area contributed by atoms with Crippen molar-refractivity contribution >= 4 is 17.7 Å². The van der Waals surface area contributed by atoms with Crippen LogP contribution < -0.4 is 5.32 Å². The number of carbonyl (C=O) groups is 3. The van der Waals surface area contributed by atoms with Gasteiger partial charge in [-0.2, -0.15) is 0 Å². The summed E-state index contributed by atoms with van der Waals surface area (Å²) in [5.74, 6) is -1.30. The van der Waals surface area contributed by atoms with Gasteiger partial charge in [-0.3, -0.25) is 14.4 Å². The van der Waals surface area contributed by atoms with Gasteiger partial charge in [-0.15, -0.1) is 0 Å². The molecule has 2 aromatic carbocycles. The summed E-state index contributed by atoms with van der Waals surface area (Å²) in [6, 6.07) is 14.1. The highest BCUT2D eigenvalue weighted by molar-refractivity contribution is 6.00. The minimum atomic E-state index is -0.911. The molecule has 0 aliphatic rings. The number of benzene rings is 2. The number of hydrogen-bond donors (Lipinski definition) is 1. The molecule has 1 N–H and O–H groups in total. The largest absolute Gasteiger partial charge is 0.453 e. The highest BCUT2D eigenvalue weighted by Crippen LogP contribution is 2.09. The zero-order valence-corrected chi connectivity index (χ0v) is 14.5. The number of hydrogen-bond acceptors (Lipinski definition) is 4. The second-order valence-corrected chi connectivity index (χ2v) is 5.91. The number of amides is 1. The van der Waals surface area contributed by atoms with Crippen LogP contribution in [0, 0.1) is 13.8 Å². The SMILES string of the molecule is Cc1ccc(C(=O)[C@H](C)OC(=O)CNC(=O)c2cccc(C)c2)cc1. The topological polar surface area (TPSA) is 72.5 Å². The van der Waals surface area contributed by atoms with Crippen LogP contribution in [0.2, 0.25) is 0 Å². The van der Waals surface area contributed by atoms with Gasteiger partial charge in [0.15, 0.2) is 6.10 Å². The Balaban J connectivity index is 1.86. The molecule has 5 nitrogen and oxygen atoms in total. The molecule has 1 amide bonds. The summed E-state index contributed by atoms with van der Waals surface area (Å²) in [4.78, 5) is 36.1. The quantitative estimate of drug-likeness (QED) is 0.649. The molecule has 1 atom stereocenters. The standard InChI is InChI=1S/C20H21NO4/c1-13-7-9-16(10-8-13)19(23)15(3)25-18(22)12-21-20(24)17-6-4-5-14(2)11-17/h4-11,15H,12H2,1-3H3,(H,21,24)/t15-/m0/s1. The Kier molecular flexibility index (Phi) is 6.06. The monoisotopic (exact) mass is 339 g/mol. The zero-order chi connectivity index (χ0) is 18.4. The van der Waals surface area contributed by atoms with Crippen molar-refractivity contribution in [3.63, 3.8) is 0 Å². The van der Waals surface area contributed by atoms with Crippen LogP contribution in [0.15, 0.2) is 48.5 Å². The van der Waals surface area contributed by atoms with E-state index in [1.54, 1.807) is 30.3 Å². The highest BCUT2D eigenvalue weighted by atomic mass is 16.5. The van der Waals surface area contributed by atoms with E-state index in [9.17, 15) is 14.4 Å². The Labute approximate surface area is 147 Å². The lowest BCUT2D eigenvalue weighted by atomic mass is 10.1. The predicted octanol–water partition coefficient (Wildman–Crippen LogP) is 2.85. The average molecular weight is 339 g/mol. The van der Waals surface area contributed by atoms with E-state index in [0.717, 1.165) is 11.1 Å². The van der Waals surface area contributed by atoms with Crippen molar-refractivity contribution in [2.45, 2.75) is 26.9 Å². The van der Waals surface area contributed by atoms with Crippen LogP contribution in [0.4, 0.5) is 0 Å². The molecule has 0 saturated heterocycles. The summed E-state index contributed by atoms with van der Waals surface area (Å²) in [6.45, 7) is 5.03. The minimum absolute atomic E-state index is 0.279. The van der Waals surface area contributed by atoms with E-state index in [4.69, 9.17) is 4.74 Å². The van der Waals surface area contributed by atoms with E-state index in [1.165, 1.54) is 6.92 Å². The molecule has 0 aromatic heterocycles. The van der Waals surface area contributed by atoms with Gasteiger partial charge in [-0.25, -0.2) is 0 Å². The number of Topliss-reactive ketones (excluding diaryl/α,β-unsaturated/α-hetero) is 1. The molecule has 5 heteroatoms. The van der Waals surface area contributed by atoms with Gasteiger partial charge in [0, 0.05) is 11.1 Å². The van der Waals surface area contributed by atoms with Gasteiger partial charge in [0.1, 0.15) is 6.54 Å². The summed E-state index contributed by atoms with van der Waals surface area (Å²) in [7, 11) is 0. The first-order valence-corrected chi connectivity index (χ1v) is 8.02. The van der Waals surface area contributed by atoms with E-state index in [-0.39, 0.29) is 18.2 Å². The first-order valence-electron chi connectivity index (χ1n) is 8.02. The molecule has 0 aliphatic heterocycles. The predicted molar refractivity (Wildman–Crippen MR) is 94.6 cm³/mol. The van der Waals surface area contributed by atoms with Gasteiger partial charge in [0.05, 0.1) is 0 Å². The van der Waals surface area contributed by atoms with Crippen molar-refractivity contribution in [1.29, 1.82) is 0 Å². The zero-order valence-electron chi connectivity index (χ0n) is 14.5. The van der Waals surface area contributed by atoms with Crippen molar-refractivity contribution in [2.24, 2.45) is 0 Å². The normalized spacial score (nSPS) is 11.5. The molecule has 0 bridgehead atoms. The van der Waals surface area contributed by atoms with Crippen LogP contribution in [-0.2, 0) is 9.53 Å². The van der Waals surface area contributed by atoms with Gasteiger partial charge >= 0.3 is 5.97 Å². The fourth-order valence-electron chi connectivity index (χ4n) is 2.29. The molecule has 130 valence electrons. The van der Waals surface area contributed by atoms with Gasteiger partial charge in [0.25, 0.3) is 5.91 Å². The third-order valence-corrected chi connectivity index (χ3v) is 3.69. The molecule has 2 aromatic rings. The van der Waals surface area contributed by atoms with E-state index in [2.05, 4.69) is 5.32 Å². The first-order chi connectivity index (χ1) is 11.9.